The van der Waals surface area contributed by atoms with Crippen LogP contribution in [-0.2, 0) is 0 Å². The van der Waals surface area contributed by atoms with E-state index in [0.29, 0.717) is 0 Å². The van der Waals surface area contributed by atoms with E-state index in [4.69, 9.17) is 5.26 Å². The highest BCUT2D eigenvalue weighted by Crippen LogP contribution is 2.29. The fourth-order valence-electron chi connectivity index (χ4n) is 1.81. The molecule has 1 aliphatic carbocycles. The number of hydrogen-bond donors (Lipinski definition) is 1. The molecule has 1 atom stereocenters. The van der Waals surface area contributed by atoms with Gasteiger partial charge in [0.15, 0.2) is 0 Å². The van der Waals surface area contributed by atoms with Gasteiger partial charge in [-0.1, -0.05) is 13.8 Å². The van der Waals surface area contributed by atoms with Gasteiger partial charge in [-0.3, -0.25) is 0 Å². The summed E-state index contributed by atoms with van der Waals surface area (Å²) in [6.45, 7) is 8.54. The Labute approximate surface area is 93.5 Å². The second-order valence-corrected chi connectivity index (χ2v) is 4.36. The summed E-state index contributed by atoms with van der Waals surface area (Å²) in [5.41, 5.74) is 0. The number of nitriles is 1. The van der Waals surface area contributed by atoms with E-state index >= 15 is 0 Å². The number of nitrogens with zero attached hydrogens (tertiary/aromatic N) is 2. The molecule has 15 heavy (non-hydrogen) atoms. The predicted molar refractivity (Wildman–Crippen MR) is 62.5 cm³/mol. The molecule has 1 saturated carbocycles. The Balaban J connectivity index is 2.16. The van der Waals surface area contributed by atoms with Gasteiger partial charge in [-0.2, -0.15) is 5.26 Å². The van der Waals surface area contributed by atoms with Crippen molar-refractivity contribution in [2.75, 3.05) is 26.2 Å². The Hall–Kier alpha value is -0.590. The highest BCUT2D eigenvalue weighted by atomic mass is 15.1. The van der Waals surface area contributed by atoms with E-state index in [1.807, 2.05) is 6.92 Å². The molecular formula is C12H23N3. The van der Waals surface area contributed by atoms with E-state index in [0.717, 1.165) is 32.0 Å². The van der Waals surface area contributed by atoms with Crippen LogP contribution in [0.2, 0.25) is 0 Å². The second kappa shape index (κ2) is 6.81. The van der Waals surface area contributed by atoms with Crippen LogP contribution in [0.4, 0.5) is 0 Å². The van der Waals surface area contributed by atoms with E-state index in [2.05, 4.69) is 23.2 Å². The van der Waals surface area contributed by atoms with E-state index < -0.39 is 0 Å². The maximum atomic E-state index is 8.91. The van der Waals surface area contributed by atoms with Gasteiger partial charge in [0.25, 0.3) is 0 Å². The van der Waals surface area contributed by atoms with Crippen LogP contribution in [0.25, 0.3) is 0 Å². The van der Waals surface area contributed by atoms with Gasteiger partial charge >= 0.3 is 0 Å². The molecule has 0 spiro atoms. The van der Waals surface area contributed by atoms with Crippen molar-refractivity contribution >= 4 is 0 Å². The van der Waals surface area contributed by atoms with Gasteiger partial charge in [0.05, 0.1) is 12.1 Å². The summed E-state index contributed by atoms with van der Waals surface area (Å²) in [6.07, 6.45) is 3.77. The monoisotopic (exact) mass is 209 g/mol. The first-order valence-electron chi connectivity index (χ1n) is 6.15. The van der Waals surface area contributed by atoms with Gasteiger partial charge in [-0.05, 0) is 38.3 Å². The van der Waals surface area contributed by atoms with Crippen molar-refractivity contribution in [2.45, 2.75) is 39.2 Å². The Kier molecular flexibility index (Phi) is 5.67. The van der Waals surface area contributed by atoms with E-state index in [9.17, 15) is 0 Å². The summed E-state index contributed by atoms with van der Waals surface area (Å²) in [7, 11) is 0. The molecule has 1 aliphatic rings. The van der Waals surface area contributed by atoms with Crippen LogP contribution >= 0.6 is 0 Å². The zero-order valence-corrected chi connectivity index (χ0v) is 10.00. The third kappa shape index (κ3) is 5.15. The molecule has 0 bridgehead atoms. The molecule has 0 saturated heterocycles. The van der Waals surface area contributed by atoms with Crippen molar-refractivity contribution in [3.8, 4) is 6.07 Å². The first-order valence-corrected chi connectivity index (χ1v) is 6.15. The lowest BCUT2D eigenvalue weighted by molar-refractivity contribution is 0.266. The molecule has 0 heterocycles. The molecule has 1 unspecified atom stereocenters. The van der Waals surface area contributed by atoms with Crippen LogP contribution in [0.5, 0.6) is 0 Å². The van der Waals surface area contributed by atoms with Crippen molar-refractivity contribution in [3.63, 3.8) is 0 Å². The zero-order valence-electron chi connectivity index (χ0n) is 10.00. The zero-order chi connectivity index (χ0) is 11.1. The average Bonchev–Trinajstić information content (AvgIpc) is 3.05. The SMILES string of the molecule is CCNC(C#N)CCN(CC)CC1CC1. The normalized spacial score (nSPS) is 17.7. The Morgan fingerprint density at radius 3 is 2.67 bits per heavy atom. The van der Waals surface area contributed by atoms with Crippen molar-refractivity contribution < 1.29 is 0 Å². The van der Waals surface area contributed by atoms with Gasteiger partial charge in [0.1, 0.15) is 0 Å². The van der Waals surface area contributed by atoms with Gasteiger partial charge in [0, 0.05) is 13.1 Å². The third-order valence-electron chi connectivity index (χ3n) is 3.00. The molecule has 0 aromatic heterocycles. The van der Waals surface area contributed by atoms with Crippen molar-refractivity contribution in [3.05, 3.63) is 0 Å². The number of rotatable bonds is 8. The minimum atomic E-state index is 0.0308. The average molecular weight is 209 g/mol. The molecule has 1 N–H and O–H groups in total. The van der Waals surface area contributed by atoms with E-state index in [1.54, 1.807) is 0 Å². The summed E-state index contributed by atoms with van der Waals surface area (Å²) in [4.78, 5) is 2.47. The van der Waals surface area contributed by atoms with Crippen LogP contribution in [-0.4, -0.2) is 37.1 Å². The van der Waals surface area contributed by atoms with Gasteiger partial charge in [-0.15, -0.1) is 0 Å². The molecule has 86 valence electrons. The second-order valence-electron chi connectivity index (χ2n) is 4.36. The molecule has 0 radical (unpaired) electrons. The lowest BCUT2D eigenvalue weighted by Gasteiger charge is -2.21. The highest BCUT2D eigenvalue weighted by Gasteiger charge is 2.23. The molecule has 0 aliphatic heterocycles. The Morgan fingerprint density at radius 1 is 1.47 bits per heavy atom. The molecule has 1 rings (SSSR count). The van der Waals surface area contributed by atoms with Crippen LogP contribution in [0.15, 0.2) is 0 Å². The molecule has 3 heteroatoms. The van der Waals surface area contributed by atoms with Crippen molar-refractivity contribution in [1.82, 2.24) is 10.2 Å². The summed E-state index contributed by atoms with van der Waals surface area (Å²) >= 11 is 0. The van der Waals surface area contributed by atoms with Crippen LogP contribution in [0.3, 0.4) is 0 Å². The summed E-state index contributed by atoms with van der Waals surface area (Å²) in [5.74, 6) is 0.949. The smallest absolute Gasteiger partial charge is 0.0965 e. The Morgan fingerprint density at radius 2 is 2.20 bits per heavy atom. The standard InChI is InChI=1S/C12H23N3/c1-3-14-12(9-13)7-8-15(4-2)10-11-5-6-11/h11-12,14H,3-8,10H2,1-2H3. The maximum absolute atomic E-state index is 8.91. The van der Waals surface area contributed by atoms with Crippen LogP contribution in [0, 0.1) is 17.2 Å². The molecule has 0 aromatic rings. The van der Waals surface area contributed by atoms with Gasteiger partial charge < -0.3 is 10.2 Å². The molecule has 3 nitrogen and oxygen atoms in total. The summed E-state index contributed by atoms with van der Waals surface area (Å²) in [5, 5.41) is 12.1. The topological polar surface area (TPSA) is 39.1 Å². The lowest BCUT2D eigenvalue weighted by Crippen LogP contribution is -2.34. The minimum absolute atomic E-state index is 0.0308. The van der Waals surface area contributed by atoms with Gasteiger partial charge in [-0.25, -0.2) is 0 Å². The quantitative estimate of drug-likeness (QED) is 0.660. The first-order chi connectivity index (χ1) is 7.30. The number of nitrogens with one attached hydrogen (secondary N) is 1. The minimum Gasteiger partial charge on any atom is -0.303 e. The Bertz CT molecular complexity index is 205. The largest absolute Gasteiger partial charge is 0.303 e. The van der Waals surface area contributed by atoms with Gasteiger partial charge in [0.2, 0.25) is 0 Å². The lowest BCUT2D eigenvalue weighted by atomic mass is 10.2. The molecule has 1 fully saturated rings. The summed E-state index contributed by atoms with van der Waals surface area (Å²) in [6, 6.07) is 2.34. The van der Waals surface area contributed by atoms with Crippen molar-refractivity contribution in [1.29, 1.82) is 5.26 Å². The number of hydrogen-bond acceptors (Lipinski definition) is 3. The first kappa shape index (κ1) is 12.5. The third-order valence-corrected chi connectivity index (χ3v) is 3.00. The molecular weight excluding hydrogens is 186 g/mol. The van der Waals surface area contributed by atoms with E-state index in [-0.39, 0.29) is 6.04 Å². The van der Waals surface area contributed by atoms with Crippen LogP contribution in [0.1, 0.15) is 33.1 Å². The van der Waals surface area contributed by atoms with Crippen molar-refractivity contribution in [2.24, 2.45) is 5.92 Å². The highest BCUT2D eigenvalue weighted by molar-refractivity contribution is 4.90. The maximum Gasteiger partial charge on any atom is 0.0965 e. The molecule has 0 aromatic carbocycles. The predicted octanol–water partition coefficient (Wildman–Crippen LogP) is 1.61. The molecule has 0 amide bonds. The fraction of sp³-hybridized carbons (Fsp3) is 0.917. The summed E-state index contributed by atoms with van der Waals surface area (Å²) < 4.78 is 0. The fourth-order valence-corrected chi connectivity index (χ4v) is 1.81. The van der Waals surface area contributed by atoms with E-state index in [1.165, 1.54) is 19.4 Å². The van der Waals surface area contributed by atoms with Crippen LogP contribution < -0.4 is 5.32 Å².